The fourth-order valence-corrected chi connectivity index (χ4v) is 1.43. The Morgan fingerprint density at radius 2 is 1.93 bits per heavy atom. The van der Waals surface area contributed by atoms with Gasteiger partial charge in [-0.2, -0.15) is 0 Å². The molecule has 0 amide bonds. The largest absolute Gasteiger partial charge is 0.399 e. The lowest BCUT2D eigenvalue weighted by Crippen LogP contribution is -2.25. The molecule has 4 heteroatoms. The van der Waals surface area contributed by atoms with Crippen molar-refractivity contribution in [2.75, 3.05) is 11.5 Å². The molecule has 1 aromatic carbocycles. The maximum absolute atomic E-state index is 9.69. The van der Waals surface area contributed by atoms with E-state index >= 15 is 0 Å². The van der Waals surface area contributed by atoms with Crippen molar-refractivity contribution in [2.45, 2.75) is 25.6 Å². The predicted octanol–water partition coefficient (Wildman–Crippen LogP) is 0.789. The van der Waals surface area contributed by atoms with E-state index in [-0.39, 0.29) is 6.42 Å². The van der Waals surface area contributed by atoms with Gasteiger partial charge in [0.25, 0.3) is 0 Å². The van der Waals surface area contributed by atoms with Crippen LogP contribution in [0.25, 0.3) is 0 Å². The molecule has 0 unspecified atom stereocenters. The number of hydrogen-bond donors (Lipinski definition) is 4. The van der Waals surface area contributed by atoms with Crippen molar-refractivity contribution in [1.29, 1.82) is 0 Å². The average molecular weight is 196 g/mol. The molecule has 0 aliphatic carbocycles. The standard InChI is InChI=1S/C10H16N2O2/c1-2-5-10(13,14)8-4-3-7(11)6-9(8)12/h3-4,6,13-14H,2,5,11-12H2,1H3. The summed E-state index contributed by atoms with van der Waals surface area (Å²) < 4.78 is 0. The molecule has 0 spiro atoms. The molecule has 0 fully saturated rings. The fraction of sp³-hybridized carbons (Fsp3) is 0.400. The number of nitrogen functional groups attached to an aromatic ring is 2. The van der Waals surface area contributed by atoms with E-state index in [1.165, 1.54) is 6.07 Å². The third kappa shape index (κ3) is 2.16. The minimum Gasteiger partial charge on any atom is -0.399 e. The fourth-order valence-electron chi connectivity index (χ4n) is 1.43. The summed E-state index contributed by atoms with van der Waals surface area (Å²) in [5.74, 6) is -1.85. The molecule has 0 saturated carbocycles. The predicted molar refractivity (Wildman–Crippen MR) is 56.3 cm³/mol. The van der Waals surface area contributed by atoms with Gasteiger partial charge in [-0.3, -0.25) is 0 Å². The highest BCUT2D eigenvalue weighted by molar-refractivity contribution is 5.57. The third-order valence-corrected chi connectivity index (χ3v) is 2.11. The Morgan fingerprint density at radius 1 is 1.29 bits per heavy atom. The van der Waals surface area contributed by atoms with Gasteiger partial charge in [-0.1, -0.05) is 13.3 Å². The van der Waals surface area contributed by atoms with Crippen LogP contribution in [0, 0.1) is 0 Å². The summed E-state index contributed by atoms with van der Waals surface area (Å²) in [4.78, 5) is 0. The van der Waals surface area contributed by atoms with Gasteiger partial charge in [0.15, 0.2) is 5.79 Å². The van der Waals surface area contributed by atoms with Crippen molar-refractivity contribution >= 4 is 11.4 Å². The molecule has 78 valence electrons. The smallest absolute Gasteiger partial charge is 0.191 e. The Hall–Kier alpha value is -1.26. The maximum Gasteiger partial charge on any atom is 0.191 e. The second-order valence-corrected chi connectivity index (χ2v) is 3.41. The Kier molecular flexibility index (Phi) is 2.98. The van der Waals surface area contributed by atoms with Crippen LogP contribution >= 0.6 is 0 Å². The highest BCUT2D eigenvalue weighted by Crippen LogP contribution is 2.29. The first kappa shape index (κ1) is 10.8. The van der Waals surface area contributed by atoms with E-state index in [0.717, 1.165) is 0 Å². The number of anilines is 2. The number of rotatable bonds is 3. The molecule has 0 saturated heterocycles. The van der Waals surface area contributed by atoms with Crippen molar-refractivity contribution in [3.8, 4) is 0 Å². The molecule has 0 atom stereocenters. The van der Waals surface area contributed by atoms with Crippen molar-refractivity contribution in [1.82, 2.24) is 0 Å². The van der Waals surface area contributed by atoms with E-state index in [2.05, 4.69) is 0 Å². The minimum atomic E-state index is -1.85. The molecule has 14 heavy (non-hydrogen) atoms. The topological polar surface area (TPSA) is 92.5 Å². The molecule has 4 nitrogen and oxygen atoms in total. The zero-order valence-corrected chi connectivity index (χ0v) is 8.20. The lowest BCUT2D eigenvalue weighted by Gasteiger charge is -2.23. The van der Waals surface area contributed by atoms with Crippen LogP contribution < -0.4 is 11.5 Å². The van der Waals surface area contributed by atoms with E-state index in [4.69, 9.17) is 11.5 Å². The molecule has 6 N–H and O–H groups in total. The average Bonchev–Trinajstić information content (AvgIpc) is 2.02. The quantitative estimate of drug-likeness (QED) is 0.425. The minimum absolute atomic E-state index is 0.251. The summed E-state index contributed by atoms with van der Waals surface area (Å²) in [6, 6.07) is 4.66. The first-order valence-corrected chi connectivity index (χ1v) is 4.57. The van der Waals surface area contributed by atoms with Crippen molar-refractivity contribution in [3.63, 3.8) is 0 Å². The Bertz CT molecular complexity index is 324. The van der Waals surface area contributed by atoms with Gasteiger partial charge >= 0.3 is 0 Å². The number of hydrogen-bond acceptors (Lipinski definition) is 4. The first-order chi connectivity index (χ1) is 6.47. The second-order valence-electron chi connectivity index (χ2n) is 3.41. The zero-order chi connectivity index (χ0) is 10.8. The van der Waals surface area contributed by atoms with Gasteiger partial charge in [0.2, 0.25) is 0 Å². The maximum atomic E-state index is 9.69. The summed E-state index contributed by atoms with van der Waals surface area (Å²) in [6.07, 6.45) is 0.915. The Morgan fingerprint density at radius 3 is 2.43 bits per heavy atom. The van der Waals surface area contributed by atoms with Gasteiger partial charge in [-0.05, 0) is 18.2 Å². The van der Waals surface area contributed by atoms with Gasteiger partial charge in [0, 0.05) is 23.4 Å². The molecule has 1 rings (SSSR count). The lowest BCUT2D eigenvalue weighted by atomic mass is 9.99. The third-order valence-electron chi connectivity index (χ3n) is 2.11. The number of aliphatic hydroxyl groups is 2. The molecule has 1 aromatic rings. The van der Waals surface area contributed by atoms with E-state index in [9.17, 15) is 10.2 Å². The Labute approximate surface area is 83.2 Å². The monoisotopic (exact) mass is 196 g/mol. The van der Waals surface area contributed by atoms with E-state index in [1.54, 1.807) is 12.1 Å². The van der Waals surface area contributed by atoms with Crippen LogP contribution in [0.5, 0.6) is 0 Å². The van der Waals surface area contributed by atoms with E-state index in [1.807, 2.05) is 6.92 Å². The summed E-state index contributed by atoms with van der Waals surface area (Å²) in [6.45, 7) is 1.87. The molecule has 0 bridgehead atoms. The van der Waals surface area contributed by atoms with Gasteiger partial charge in [-0.15, -0.1) is 0 Å². The summed E-state index contributed by atoms with van der Waals surface area (Å²) in [7, 11) is 0. The summed E-state index contributed by atoms with van der Waals surface area (Å²) in [5.41, 5.74) is 12.3. The van der Waals surface area contributed by atoms with Crippen LogP contribution in [0.2, 0.25) is 0 Å². The van der Waals surface area contributed by atoms with E-state index < -0.39 is 5.79 Å². The van der Waals surface area contributed by atoms with Crippen LogP contribution in [0.1, 0.15) is 25.3 Å². The normalized spacial score (nSPS) is 11.6. The Balaban J connectivity index is 3.06. The van der Waals surface area contributed by atoms with Crippen molar-refractivity contribution in [3.05, 3.63) is 23.8 Å². The highest BCUT2D eigenvalue weighted by atomic mass is 16.5. The summed E-state index contributed by atoms with van der Waals surface area (Å²) in [5, 5.41) is 19.4. The van der Waals surface area contributed by atoms with Crippen molar-refractivity contribution in [2.24, 2.45) is 0 Å². The van der Waals surface area contributed by atoms with Crippen molar-refractivity contribution < 1.29 is 10.2 Å². The van der Waals surface area contributed by atoms with Crippen LogP contribution in [0.3, 0.4) is 0 Å². The highest BCUT2D eigenvalue weighted by Gasteiger charge is 2.26. The van der Waals surface area contributed by atoms with Gasteiger partial charge in [0.1, 0.15) is 0 Å². The summed E-state index contributed by atoms with van der Waals surface area (Å²) >= 11 is 0. The molecule has 0 aliphatic rings. The number of nitrogens with two attached hydrogens (primary N) is 2. The first-order valence-electron chi connectivity index (χ1n) is 4.57. The second kappa shape index (κ2) is 3.86. The SMILES string of the molecule is CCCC(O)(O)c1ccc(N)cc1N. The van der Waals surface area contributed by atoms with Gasteiger partial charge in [-0.25, -0.2) is 0 Å². The molecule has 0 radical (unpaired) electrons. The molecular weight excluding hydrogens is 180 g/mol. The number of benzene rings is 1. The molecule has 0 aliphatic heterocycles. The molecular formula is C10H16N2O2. The van der Waals surface area contributed by atoms with Crippen LogP contribution in [0.15, 0.2) is 18.2 Å². The van der Waals surface area contributed by atoms with E-state index in [0.29, 0.717) is 23.4 Å². The van der Waals surface area contributed by atoms with Gasteiger partial charge < -0.3 is 21.7 Å². The van der Waals surface area contributed by atoms with Crippen LogP contribution in [0.4, 0.5) is 11.4 Å². The van der Waals surface area contributed by atoms with Gasteiger partial charge in [0.05, 0.1) is 0 Å². The van der Waals surface area contributed by atoms with Crippen LogP contribution in [-0.4, -0.2) is 10.2 Å². The van der Waals surface area contributed by atoms with Crippen LogP contribution in [-0.2, 0) is 5.79 Å². The molecule has 0 aromatic heterocycles. The zero-order valence-electron chi connectivity index (χ0n) is 8.20. The lowest BCUT2D eigenvalue weighted by molar-refractivity contribution is -0.174. The molecule has 0 heterocycles.